The lowest BCUT2D eigenvalue weighted by Crippen LogP contribution is -2.25. The summed E-state index contributed by atoms with van der Waals surface area (Å²) in [6.07, 6.45) is 0.743. The molecular weight excluding hydrogens is 450 g/mol. The van der Waals surface area contributed by atoms with Crippen molar-refractivity contribution >= 4 is 44.9 Å². The number of thiophene rings is 1. The third kappa shape index (κ3) is 5.04. The van der Waals surface area contributed by atoms with Crippen molar-refractivity contribution in [1.29, 1.82) is 0 Å². The van der Waals surface area contributed by atoms with Gasteiger partial charge in [0.25, 0.3) is 5.56 Å². The highest BCUT2D eigenvalue weighted by molar-refractivity contribution is 7.99. The van der Waals surface area contributed by atoms with E-state index >= 15 is 0 Å². The molecule has 1 N–H and O–H groups in total. The van der Waals surface area contributed by atoms with Gasteiger partial charge >= 0.3 is 0 Å². The Bertz CT molecular complexity index is 1360. The number of aryl methyl sites for hydroxylation is 2. The zero-order chi connectivity index (χ0) is 23.5. The maximum atomic E-state index is 13.2. The Balaban J connectivity index is 1.53. The molecule has 0 aliphatic rings. The van der Waals surface area contributed by atoms with E-state index in [4.69, 9.17) is 4.98 Å². The van der Waals surface area contributed by atoms with Crippen LogP contribution in [-0.4, -0.2) is 21.2 Å². The van der Waals surface area contributed by atoms with Crippen molar-refractivity contribution in [3.8, 4) is 0 Å². The van der Waals surface area contributed by atoms with Gasteiger partial charge in [0.2, 0.25) is 5.91 Å². The molecule has 5 nitrogen and oxygen atoms in total. The second kappa shape index (κ2) is 9.93. The maximum absolute atomic E-state index is 13.2. The number of aromatic nitrogens is 2. The van der Waals surface area contributed by atoms with Crippen LogP contribution >= 0.6 is 23.1 Å². The number of thioether (sulfide) groups is 1. The van der Waals surface area contributed by atoms with Crippen LogP contribution in [0.2, 0.25) is 0 Å². The number of rotatable bonds is 7. The van der Waals surface area contributed by atoms with E-state index in [1.165, 1.54) is 28.7 Å². The van der Waals surface area contributed by atoms with E-state index in [-0.39, 0.29) is 23.3 Å². The van der Waals surface area contributed by atoms with Crippen molar-refractivity contribution in [3.05, 3.63) is 86.5 Å². The molecule has 4 aromatic rings. The summed E-state index contributed by atoms with van der Waals surface area (Å²) in [5, 5.41) is 4.31. The van der Waals surface area contributed by atoms with Crippen LogP contribution in [0.25, 0.3) is 10.2 Å². The number of anilines is 1. The molecule has 0 radical (unpaired) electrons. The number of hydrogen-bond acceptors (Lipinski definition) is 5. The normalized spacial score (nSPS) is 11.3. The van der Waals surface area contributed by atoms with Gasteiger partial charge in [-0.15, -0.1) is 11.3 Å². The van der Waals surface area contributed by atoms with Crippen molar-refractivity contribution in [3.63, 3.8) is 0 Å². The first-order valence-electron chi connectivity index (χ1n) is 10.9. The molecule has 0 unspecified atom stereocenters. The number of nitrogens with one attached hydrogen (secondary N) is 1. The third-order valence-electron chi connectivity index (χ3n) is 5.58. The minimum atomic E-state index is -0.122. The summed E-state index contributed by atoms with van der Waals surface area (Å²) in [6.45, 7) is 7.91. The average Bonchev–Trinajstić information content (AvgIpc) is 3.07. The number of carbonyl (C=O) groups is 1. The van der Waals surface area contributed by atoms with Crippen molar-refractivity contribution in [2.24, 2.45) is 0 Å². The van der Waals surface area contributed by atoms with E-state index in [2.05, 4.69) is 17.4 Å². The highest BCUT2D eigenvalue weighted by Crippen LogP contribution is 2.29. The monoisotopic (exact) mass is 477 g/mol. The van der Waals surface area contributed by atoms with E-state index in [0.717, 1.165) is 32.9 Å². The van der Waals surface area contributed by atoms with E-state index in [1.807, 2.05) is 70.2 Å². The van der Waals surface area contributed by atoms with Gasteiger partial charge < -0.3 is 5.32 Å². The summed E-state index contributed by atoms with van der Waals surface area (Å²) in [5.74, 6) is 0.0527. The molecule has 33 heavy (non-hydrogen) atoms. The minimum Gasteiger partial charge on any atom is -0.325 e. The van der Waals surface area contributed by atoms with Crippen LogP contribution < -0.4 is 10.9 Å². The molecule has 0 fully saturated rings. The predicted molar refractivity (Wildman–Crippen MR) is 139 cm³/mol. The fraction of sp³-hybridized carbons (Fsp3) is 0.269. The van der Waals surface area contributed by atoms with Gasteiger partial charge in [-0.05, 0) is 56.9 Å². The number of para-hydroxylation sites is 1. The van der Waals surface area contributed by atoms with E-state index in [9.17, 15) is 9.59 Å². The predicted octanol–water partition coefficient (Wildman–Crippen LogP) is 5.98. The van der Waals surface area contributed by atoms with Crippen molar-refractivity contribution < 1.29 is 4.79 Å². The Hall–Kier alpha value is -2.90. The maximum Gasteiger partial charge on any atom is 0.263 e. The first-order chi connectivity index (χ1) is 15.8. The van der Waals surface area contributed by atoms with Gasteiger partial charge in [0.05, 0.1) is 11.1 Å². The summed E-state index contributed by atoms with van der Waals surface area (Å²) in [6, 6.07) is 18.0. The summed E-state index contributed by atoms with van der Waals surface area (Å²) in [4.78, 5) is 32.6. The first-order valence-corrected chi connectivity index (χ1v) is 12.7. The quantitative estimate of drug-likeness (QED) is 0.263. The summed E-state index contributed by atoms with van der Waals surface area (Å²) in [5.41, 5.74) is 4.01. The molecule has 1 amide bonds. The fourth-order valence-corrected chi connectivity index (χ4v) is 5.77. The van der Waals surface area contributed by atoms with Gasteiger partial charge in [0, 0.05) is 16.6 Å². The Morgan fingerprint density at radius 2 is 1.79 bits per heavy atom. The van der Waals surface area contributed by atoms with Crippen LogP contribution in [-0.2, 0) is 11.2 Å². The second-order valence-corrected chi connectivity index (χ2v) is 10.4. The molecule has 4 rings (SSSR count). The number of fused-ring (bicyclic) bond motifs is 1. The molecule has 170 valence electrons. The van der Waals surface area contributed by atoms with Crippen LogP contribution in [0.5, 0.6) is 0 Å². The standard InChI is InChI=1S/C26H27N3O2S2/c1-16(2)29-25(31)23-17(3)18(4)33-24(23)28-26(29)32-15-22(30)27-21-13-9-8-12-20(21)14-19-10-6-5-7-11-19/h5-13,16H,14-15H2,1-4H3,(H,27,30). The fourth-order valence-electron chi connectivity index (χ4n) is 3.77. The van der Waals surface area contributed by atoms with Crippen LogP contribution in [0, 0.1) is 13.8 Å². The molecule has 2 aromatic carbocycles. The zero-order valence-corrected chi connectivity index (χ0v) is 20.8. The summed E-state index contributed by atoms with van der Waals surface area (Å²) >= 11 is 2.83. The number of amides is 1. The summed E-state index contributed by atoms with van der Waals surface area (Å²) in [7, 11) is 0. The van der Waals surface area contributed by atoms with Crippen LogP contribution in [0.15, 0.2) is 64.5 Å². The van der Waals surface area contributed by atoms with Crippen molar-refractivity contribution in [2.75, 3.05) is 11.1 Å². The molecule has 2 aromatic heterocycles. The molecule has 0 spiro atoms. The third-order valence-corrected chi connectivity index (χ3v) is 7.63. The number of nitrogens with zero attached hydrogens (tertiary/aromatic N) is 2. The van der Waals surface area contributed by atoms with Gasteiger partial charge in [-0.25, -0.2) is 4.98 Å². The Labute approximate surface area is 201 Å². The largest absolute Gasteiger partial charge is 0.325 e. The minimum absolute atomic E-state index is 0.0343. The van der Waals surface area contributed by atoms with Crippen molar-refractivity contribution in [1.82, 2.24) is 9.55 Å². The number of hydrogen-bond donors (Lipinski definition) is 1. The van der Waals surface area contributed by atoms with Gasteiger partial charge in [-0.3, -0.25) is 14.2 Å². The van der Waals surface area contributed by atoms with Crippen LogP contribution in [0.1, 0.15) is 41.5 Å². The smallest absolute Gasteiger partial charge is 0.263 e. The van der Waals surface area contributed by atoms with E-state index in [0.29, 0.717) is 10.5 Å². The summed E-state index contributed by atoms with van der Waals surface area (Å²) < 4.78 is 1.70. The Morgan fingerprint density at radius 3 is 2.52 bits per heavy atom. The van der Waals surface area contributed by atoms with Crippen molar-refractivity contribution in [2.45, 2.75) is 45.3 Å². The van der Waals surface area contributed by atoms with E-state index in [1.54, 1.807) is 4.57 Å². The molecular formula is C26H27N3O2S2. The highest BCUT2D eigenvalue weighted by atomic mass is 32.2. The Morgan fingerprint density at radius 1 is 1.09 bits per heavy atom. The van der Waals surface area contributed by atoms with Gasteiger partial charge in [0.15, 0.2) is 5.16 Å². The number of carbonyl (C=O) groups excluding carboxylic acids is 1. The van der Waals surface area contributed by atoms with Gasteiger partial charge in [-0.2, -0.15) is 0 Å². The molecule has 0 bridgehead atoms. The molecule has 0 atom stereocenters. The topological polar surface area (TPSA) is 64.0 Å². The molecule has 0 aliphatic heterocycles. The average molecular weight is 478 g/mol. The molecule has 0 aliphatic carbocycles. The lowest BCUT2D eigenvalue weighted by Gasteiger charge is -2.15. The molecule has 0 saturated heterocycles. The SMILES string of the molecule is Cc1sc2nc(SCC(=O)Nc3ccccc3Cc3ccccc3)n(C(C)C)c(=O)c2c1C. The van der Waals surface area contributed by atoms with Crippen LogP contribution in [0.4, 0.5) is 5.69 Å². The molecule has 2 heterocycles. The van der Waals surface area contributed by atoms with Crippen LogP contribution in [0.3, 0.4) is 0 Å². The van der Waals surface area contributed by atoms with Gasteiger partial charge in [0.1, 0.15) is 4.83 Å². The first kappa shape index (κ1) is 23.3. The lowest BCUT2D eigenvalue weighted by atomic mass is 10.0. The van der Waals surface area contributed by atoms with Gasteiger partial charge in [-0.1, -0.05) is 60.3 Å². The molecule has 7 heteroatoms. The highest BCUT2D eigenvalue weighted by Gasteiger charge is 2.19. The number of benzene rings is 2. The van der Waals surface area contributed by atoms with E-state index < -0.39 is 0 Å². The Kier molecular flexibility index (Phi) is 7.00. The second-order valence-electron chi connectivity index (χ2n) is 8.28. The lowest BCUT2D eigenvalue weighted by molar-refractivity contribution is -0.113. The molecule has 0 saturated carbocycles. The zero-order valence-electron chi connectivity index (χ0n) is 19.2.